The maximum Gasteiger partial charge on any atom is 0.279 e. The Morgan fingerprint density at radius 2 is 2.18 bits per heavy atom. The molecule has 1 aromatic heterocycles. The van der Waals surface area contributed by atoms with Crippen molar-refractivity contribution in [1.29, 1.82) is 0 Å². The first-order valence-electron chi connectivity index (χ1n) is 5.58. The van der Waals surface area contributed by atoms with E-state index in [0.717, 1.165) is 23.5 Å². The molecule has 0 radical (unpaired) electrons. The number of nitrogens with one attached hydrogen (secondary N) is 2. The SMILES string of the molecule is Cc1ccsc1CNS(=O)(=O)N1CCNCC1. The van der Waals surface area contributed by atoms with Crippen LogP contribution in [0.4, 0.5) is 0 Å². The van der Waals surface area contributed by atoms with Crippen LogP contribution in [-0.2, 0) is 16.8 Å². The van der Waals surface area contributed by atoms with Gasteiger partial charge in [0.25, 0.3) is 10.2 Å². The van der Waals surface area contributed by atoms with E-state index < -0.39 is 10.2 Å². The Hall–Kier alpha value is -0.470. The van der Waals surface area contributed by atoms with Crippen LogP contribution in [0.2, 0.25) is 0 Å². The minimum Gasteiger partial charge on any atom is -0.314 e. The van der Waals surface area contributed by atoms with Gasteiger partial charge in [0.2, 0.25) is 0 Å². The Balaban J connectivity index is 1.95. The van der Waals surface area contributed by atoms with E-state index in [1.54, 1.807) is 11.3 Å². The van der Waals surface area contributed by atoms with Gasteiger partial charge in [-0.2, -0.15) is 17.4 Å². The van der Waals surface area contributed by atoms with Gasteiger partial charge in [-0.15, -0.1) is 11.3 Å². The zero-order valence-corrected chi connectivity index (χ0v) is 11.4. The smallest absolute Gasteiger partial charge is 0.279 e. The predicted octanol–water partition coefficient (Wildman–Crippen LogP) is 0.296. The molecular weight excluding hydrogens is 258 g/mol. The molecule has 5 nitrogen and oxygen atoms in total. The van der Waals surface area contributed by atoms with Crippen LogP contribution < -0.4 is 10.0 Å². The molecule has 17 heavy (non-hydrogen) atoms. The number of thiophene rings is 1. The predicted molar refractivity (Wildman–Crippen MR) is 69.3 cm³/mol. The molecule has 0 aromatic carbocycles. The van der Waals surface area contributed by atoms with Gasteiger partial charge in [0, 0.05) is 37.6 Å². The Bertz CT molecular complexity index is 464. The van der Waals surface area contributed by atoms with E-state index in [9.17, 15) is 8.42 Å². The second-order valence-electron chi connectivity index (χ2n) is 4.00. The van der Waals surface area contributed by atoms with Gasteiger partial charge in [0.05, 0.1) is 0 Å². The summed E-state index contributed by atoms with van der Waals surface area (Å²) in [7, 11) is -3.33. The molecule has 1 fully saturated rings. The molecule has 2 rings (SSSR count). The molecule has 0 amide bonds. The highest BCUT2D eigenvalue weighted by molar-refractivity contribution is 7.87. The fourth-order valence-corrected chi connectivity index (χ4v) is 3.83. The van der Waals surface area contributed by atoms with E-state index >= 15 is 0 Å². The highest BCUT2D eigenvalue weighted by Crippen LogP contribution is 2.15. The average molecular weight is 275 g/mol. The van der Waals surface area contributed by atoms with Crippen molar-refractivity contribution in [3.05, 3.63) is 21.9 Å². The lowest BCUT2D eigenvalue weighted by atomic mass is 10.3. The molecule has 0 bridgehead atoms. The van der Waals surface area contributed by atoms with E-state index in [4.69, 9.17) is 0 Å². The van der Waals surface area contributed by atoms with Crippen molar-refractivity contribution in [2.45, 2.75) is 13.5 Å². The highest BCUT2D eigenvalue weighted by atomic mass is 32.2. The fraction of sp³-hybridized carbons (Fsp3) is 0.600. The number of aryl methyl sites for hydroxylation is 1. The topological polar surface area (TPSA) is 61.4 Å². The van der Waals surface area contributed by atoms with Crippen molar-refractivity contribution in [1.82, 2.24) is 14.3 Å². The molecule has 0 spiro atoms. The lowest BCUT2D eigenvalue weighted by Crippen LogP contribution is -2.50. The Morgan fingerprint density at radius 3 is 2.76 bits per heavy atom. The van der Waals surface area contributed by atoms with Gasteiger partial charge in [0.15, 0.2) is 0 Å². The number of hydrogen-bond donors (Lipinski definition) is 2. The molecule has 1 aromatic rings. The van der Waals surface area contributed by atoms with Gasteiger partial charge >= 0.3 is 0 Å². The van der Waals surface area contributed by atoms with Crippen molar-refractivity contribution < 1.29 is 8.42 Å². The van der Waals surface area contributed by atoms with Gasteiger partial charge in [-0.25, -0.2) is 0 Å². The van der Waals surface area contributed by atoms with Crippen LogP contribution in [0.15, 0.2) is 11.4 Å². The summed E-state index contributed by atoms with van der Waals surface area (Å²) in [6.07, 6.45) is 0. The van der Waals surface area contributed by atoms with Gasteiger partial charge in [0.1, 0.15) is 0 Å². The summed E-state index contributed by atoms with van der Waals surface area (Å²) in [4.78, 5) is 1.07. The zero-order valence-electron chi connectivity index (χ0n) is 9.77. The Labute approximate surface area is 106 Å². The second kappa shape index (κ2) is 5.45. The number of rotatable bonds is 4. The quantitative estimate of drug-likeness (QED) is 0.830. The van der Waals surface area contributed by atoms with Crippen LogP contribution in [0.25, 0.3) is 0 Å². The van der Waals surface area contributed by atoms with E-state index in [1.165, 1.54) is 4.31 Å². The molecule has 2 heterocycles. The summed E-state index contributed by atoms with van der Waals surface area (Å²) < 4.78 is 28.1. The molecular formula is C10H17N3O2S2. The third-order valence-electron chi connectivity index (χ3n) is 2.80. The molecule has 1 aliphatic heterocycles. The maximum absolute atomic E-state index is 12.0. The normalized spacial score (nSPS) is 18.4. The van der Waals surface area contributed by atoms with Crippen LogP contribution in [0, 0.1) is 6.92 Å². The lowest BCUT2D eigenvalue weighted by Gasteiger charge is -2.26. The van der Waals surface area contributed by atoms with E-state index in [1.807, 2.05) is 18.4 Å². The summed E-state index contributed by atoms with van der Waals surface area (Å²) in [5, 5.41) is 5.11. The summed E-state index contributed by atoms with van der Waals surface area (Å²) in [6, 6.07) is 2.00. The van der Waals surface area contributed by atoms with Crippen LogP contribution >= 0.6 is 11.3 Å². The first kappa shape index (κ1) is 13.0. The van der Waals surface area contributed by atoms with Crippen LogP contribution in [-0.4, -0.2) is 38.9 Å². The molecule has 7 heteroatoms. The summed E-state index contributed by atoms with van der Waals surface area (Å²) in [5.41, 5.74) is 1.14. The van der Waals surface area contributed by atoms with E-state index in [-0.39, 0.29) is 0 Å². The van der Waals surface area contributed by atoms with Crippen molar-refractivity contribution in [2.24, 2.45) is 0 Å². The largest absolute Gasteiger partial charge is 0.314 e. The number of piperazine rings is 1. The average Bonchev–Trinajstić information content (AvgIpc) is 2.74. The minimum absolute atomic E-state index is 0.385. The Kier molecular flexibility index (Phi) is 4.16. The number of nitrogens with zero attached hydrogens (tertiary/aromatic N) is 1. The van der Waals surface area contributed by atoms with Crippen LogP contribution in [0.3, 0.4) is 0 Å². The summed E-state index contributed by atoms with van der Waals surface area (Å²) in [5.74, 6) is 0. The lowest BCUT2D eigenvalue weighted by molar-refractivity contribution is 0.355. The molecule has 0 atom stereocenters. The monoisotopic (exact) mass is 275 g/mol. The minimum atomic E-state index is -3.33. The third-order valence-corrected chi connectivity index (χ3v) is 5.38. The molecule has 0 aliphatic carbocycles. The highest BCUT2D eigenvalue weighted by Gasteiger charge is 2.23. The van der Waals surface area contributed by atoms with Gasteiger partial charge < -0.3 is 5.32 Å². The third kappa shape index (κ3) is 3.26. The summed E-state index contributed by atoms with van der Waals surface area (Å²) >= 11 is 1.58. The molecule has 2 N–H and O–H groups in total. The standard InChI is InChI=1S/C10H17N3O2S2/c1-9-2-7-16-10(9)8-12-17(14,15)13-5-3-11-4-6-13/h2,7,11-12H,3-6,8H2,1H3. The summed E-state index contributed by atoms with van der Waals surface area (Å²) in [6.45, 7) is 4.90. The van der Waals surface area contributed by atoms with Crippen molar-refractivity contribution in [2.75, 3.05) is 26.2 Å². The molecule has 0 unspecified atom stereocenters. The van der Waals surface area contributed by atoms with Crippen molar-refractivity contribution in [3.63, 3.8) is 0 Å². The fourth-order valence-electron chi connectivity index (χ4n) is 1.72. The van der Waals surface area contributed by atoms with Crippen molar-refractivity contribution in [3.8, 4) is 0 Å². The van der Waals surface area contributed by atoms with E-state index in [0.29, 0.717) is 19.6 Å². The van der Waals surface area contributed by atoms with Crippen molar-refractivity contribution >= 4 is 21.5 Å². The van der Waals surface area contributed by atoms with Crippen LogP contribution in [0.5, 0.6) is 0 Å². The maximum atomic E-state index is 12.0. The Morgan fingerprint density at radius 1 is 1.47 bits per heavy atom. The molecule has 0 saturated carbocycles. The molecule has 96 valence electrons. The van der Waals surface area contributed by atoms with Crippen LogP contribution in [0.1, 0.15) is 10.4 Å². The zero-order chi connectivity index (χ0) is 12.3. The van der Waals surface area contributed by atoms with Gasteiger partial charge in [-0.05, 0) is 23.9 Å². The number of hydrogen-bond acceptors (Lipinski definition) is 4. The molecule has 1 saturated heterocycles. The first-order chi connectivity index (χ1) is 8.09. The first-order valence-corrected chi connectivity index (χ1v) is 7.90. The second-order valence-corrected chi connectivity index (χ2v) is 6.76. The molecule has 1 aliphatic rings. The van der Waals surface area contributed by atoms with Gasteiger partial charge in [-0.3, -0.25) is 0 Å². The van der Waals surface area contributed by atoms with E-state index in [2.05, 4.69) is 10.0 Å². The van der Waals surface area contributed by atoms with Gasteiger partial charge in [-0.1, -0.05) is 0 Å².